The van der Waals surface area contributed by atoms with E-state index in [1.807, 2.05) is 83.8 Å². The zero-order chi connectivity index (χ0) is 32.3. The van der Waals surface area contributed by atoms with E-state index in [0.717, 1.165) is 22.0 Å². The Balaban J connectivity index is 1.14. The minimum atomic E-state index is -3.76. The van der Waals surface area contributed by atoms with Crippen molar-refractivity contribution in [1.82, 2.24) is 14.5 Å². The highest BCUT2D eigenvalue weighted by molar-refractivity contribution is 7.89. The Kier molecular flexibility index (Phi) is 8.88. The minimum absolute atomic E-state index is 0.0883. The van der Waals surface area contributed by atoms with Gasteiger partial charge in [-0.15, -0.1) is 0 Å². The molecule has 4 aromatic rings. The largest absolute Gasteiger partial charge is 0.493 e. The summed E-state index contributed by atoms with van der Waals surface area (Å²) in [5, 5.41) is 4.77. The summed E-state index contributed by atoms with van der Waals surface area (Å²) in [5.74, 6) is 0.845. The van der Waals surface area contributed by atoms with Crippen LogP contribution < -0.4 is 19.7 Å². The number of carbonyl (C=O) groups excluding carboxylic acids is 2. The van der Waals surface area contributed by atoms with E-state index < -0.39 is 15.6 Å². The monoisotopic (exact) mass is 642 g/mol. The summed E-state index contributed by atoms with van der Waals surface area (Å²) in [5.41, 5.74) is 0.893. The number of hydrogen-bond donors (Lipinski definition) is 1. The lowest BCUT2D eigenvalue weighted by Gasteiger charge is -2.42. The highest BCUT2D eigenvalue weighted by Crippen LogP contribution is 2.40. The van der Waals surface area contributed by atoms with Crippen molar-refractivity contribution >= 4 is 38.3 Å². The van der Waals surface area contributed by atoms with Gasteiger partial charge in [-0.2, -0.15) is 4.31 Å². The second kappa shape index (κ2) is 13.0. The van der Waals surface area contributed by atoms with Gasteiger partial charge >= 0.3 is 0 Å². The smallest absolute Gasteiger partial charge is 0.250 e. The van der Waals surface area contributed by atoms with E-state index in [9.17, 15) is 18.0 Å². The fourth-order valence-electron chi connectivity index (χ4n) is 6.51. The van der Waals surface area contributed by atoms with Gasteiger partial charge in [0.15, 0.2) is 11.5 Å². The molecule has 240 valence electrons. The first-order chi connectivity index (χ1) is 22.2. The number of sulfonamides is 1. The molecule has 2 fully saturated rings. The molecule has 2 saturated heterocycles. The number of methoxy groups -OCH3 is 2. The summed E-state index contributed by atoms with van der Waals surface area (Å²) in [4.78, 5) is 31.0. The molecule has 0 atom stereocenters. The van der Waals surface area contributed by atoms with Gasteiger partial charge in [-0.05, 0) is 72.0 Å². The number of carbonyl (C=O) groups is 2. The van der Waals surface area contributed by atoms with Crippen LogP contribution in [-0.4, -0.2) is 82.0 Å². The molecule has 2 aliphatic rings. The first kappa shape index (κ1) is 31.4. The van der Waals surface area contributed by atoms with Crippen LogP contribution in [0.15, 0.2) is 95.9 Å². The van der Waals surface area contributed by atoms with Crippen molar-refractivity contribution in [2.24, 2.45) is 0 Å². The zero-order valence-corrected chi connectivity index (χ0v) is 26.8. The zero-order valence-electron chi connectivity index (χ0n) is 26.0. The van der Waals surface area contributed by atoms with Crippen LogP contribution in [-0.2, 0) is 26.0 Å². The topological polar surface area (TPSA) is 108 Å². The summed E-state index contributed by atoms with van der Waals surface area (Å²) in [6.07, 6.45) is 1.21. The lowest BCUT2D eigenvalue weighted by atomic mass is 9.86. The van der Waals surface area contributed by atoms with Crippen LogP contribution >= 0.6 is 0 Å². The van der Waals surface area contributed by atoms with Gasteiger partial charge in [-0.25, -0.2) is 8.42 Å². The molecule has 0 unspecified atom stereocenters. The van der Waals surface area contributed by atoms with Crippen LogP contribution in [0.1, 0.15) is 18.4 Å². The summed E-state index contributed by atoms with van der Waals surface area (Å²) in [6, 6.07) is 28.1. The van der Waals surface area contributed by atoms with Gasteiger partial charge in [-0.3, -0.25) is 9.59 Å². The summed E-state index contributed by atoms with van der Waals surface area (Å²) < 4.78 is 39.5. The number of hydrogen-bond acceptors (Lipinski definition) is 7. The Morgan fingerprint density at radius 2 is 1.54 bits per heavy atom. The second-order valence-electron chi connectivity index (χ2n) is 11.6. The lowest BCUT2D eigenvalue weighted by molar-refractivity contribution is -0.137. The minimum Gasteiger partial charge on any atom is -0.493 e. The maximum absolute atomic E-state index is 14.1. The first-order valence-corrected chi connectivity index (χ1v) is 16.8. The molecule has 0 aliphatic carbocycles. The number of nitrogens with one attached hydrogen (secondary N) is 1. The highest BCUT2D eigenvalue weighted by atomic mass is 32.2. The predicted octanol–water partition coefficient (Wildman–Crippen LogP) is 4.05. The van der Waals surface area contributed by atoms with E-state index in [-0.39, 0.29) is 43.0 Å². The number of rotatable bonds is 10. The van der Waals surface area contributed by atoms with E-state index in [4.69, 9.17) is 9.47 Å². The van der Waals surface area contributed by atoms with E-state index in [2.05, 4.69) is 5.32 Å². The fourth-order valence-corrected chi connectivity index (χ4v) is 7.98. The van der Waals surface area contributed by atoms with Crippen molar-refractivity contribution in [3.05, 3.63) is 96.6 Å². The average Bonchev–Trinajstić information content (AvgIpc) is 3.34. The predicted molar refractivity (Wildman–Crippen MR) is 176 cm³/mol. The molecule has 0 saturated carbocycles. The molecule has 2 aliphatic heterocycles. The van der Waals surface area contributed by atoms with Gasteiger partial charge in [0.05, 0.1) is 25.8 Å². The SMILES string of the molecule is COc1ccc(CCNC(=O)CN2CN(c3ccccc3)C3(CCN(S(=O)(=O)c4ccc5ccccc5c4)CC3)C2=O)cc1OC. The summed E-state index contributed by atoms with van der Waals surface area (Å²) >= 11 is 0. The molecular formula is C35H38N4O6S. The van der Waals surface area contributed by atoms with E-state index >= 15 is 0 Å². The fraction of sp³-hybridized carbons (Fsp3) is 0.314. The molecular weight excluding hydrogens is 604 g/mol. The average molecular weight is 643 g/mol. The molecule has 11 heteroatoms. The van der Waals surface area contributed by atoms with Crippen molar-refractivity contribution in [1.29, 1.82) is 0 Å². The summed E-state index contributed by atoms with van der Waals surface area (Å²) in [7, 11) is -0.602. The van der Waals surface area contributed by atoms with Crippen molar-refractivity contribution in [3.8, 4) is 11.5 Å². The van der Waals surface area contributed by atoms with Crippen LogP contribution in [0.2, 0.25) is 0 Å². The van der Waals surface area contributed by atoms with Gasteiger partial charge in [0, 0.05) is 25.3 Å². The molecule has 6 rings (SSSR count). The first-order valence-electron chi connectivity index (χ1n) is 15.3. The summed E-state index contributed by atoms with van der Waals surface area (Å²) in [6.45, 7) is 0.926. The van der Waals surface area contributed by atoms with E-state index in [1.165, 1.54) is 4.31 Å². The number of fused-ring (bicyclic) bond motifs is 1. The Hall–Kier alpha value is -4.61. The van der Waals surface area contributed by atoms with Crippen molar-refractivity contribution in [2.45, 2.75) is 29.7 Å². The number of piperidine rings is 1. The van der Waals surface area contributed by atoms with Crippen molar-refractivity contribution in [2.75, 3.05) is 52.0 Å². The van der Waals surface area contributed by atoms with Crippen molar-refractivity contribution in [3.63, 3.8) is 0 Å². The van der Waals surface area contributed by atoms with Crippen LogP contribution in [0, 0.1) is 0 Å². The molecule has 4 aromatic carbocycles. The number of ether oxygens (including phenoxy) is 2. The Bertz CT molecular complexity index is 1840. The third kappa shape index (κ3) is 6.00. The molecule has 0 bridgehead atoms. The molecule has 46 heavy (non-hydrogen) atoms. The molecule has 0 aromatic heterocycles. The van der Waals surface area contributed by atoms with E-state index in [0.29, 0.717) is 37.3 Å². The number of benzene rings is 4. The standard InChI is InChI=1S/C35H38N4O6S/c1-44-31-15-12-26(22-32(31)45-2)16-19-36-33(40)24-37-25-39(29-10-4-3-5-11-29)35(34(37)41)17-20-38(21-18-35)46(42,43)30-14-13-27-8-6-7-9-28(27)23-30/h3-15,22-23H,16-21,24-25H2,1-2H3,(H,36,40). The van der Waals surface area contributed by atoms with Gasteiger partial charge < -0.3 is 24.6 Å². The second-order valence-corrected chi connectivity index (χ2v) is 13.6. The van der Waals surface area contributed by atoms with Gasteiger partial charge in [0.1, 0.15) is 12.1 Å². The van der Waals surface area contributed by atoms with Crippen LogP contribution in [0.5, 0.6) is 11.5 Å². The Morgan fingerprint density at radius 3 is 2.26 bits per heavy atom. The normalized spacial score (nSPS) is 16.6. The Morgan fingerprint density at radius 1 is 0.848 bits per heavy atom. The maximum atomic E-state index is 14.1. The third-order valence-corrected chi connectivity index (χ3v) is 10.9. The van der Waals surface area contributed by atoms with Crippen LogP contribution in [0.3, 0.4) is 0 Å². The van der Waals surface area contributed by atoms with Crippen molar-refractivity contribution < 1.29 is 27.5 Å². The van der Waals surface area contributed by atoms with Gasteiger partial charge in [0.25, 0.3) is 0 Å². The highest BCUT2D eigenvalue weighted by Gasteiger charge is 2.55. The maximum Gasteiger partial charge on any atom is 0.250 e. The molecule has 1 N–H and O–H groups in total. The van der Waals surface area contributed by atoms with Gasteiger partial charge in [-0.1, -0.05) is 54.6 Å². The quantitative estimate of drug-likeness (QED) is 0.278. The number of para-hydroxylation sites is 1. The van der Waals surface area contributed by atoms with E-state index in [1.54, 1.807) is 31.3 Å². The Labute approximate surface area is 269 Å². The third-order valence-electron chi connectivity index (χ3n) is 9.01. The van der Waals surface area contributed by atoms with Crippen LogP contribution in [0.25, 0.3) is 10.8 Å². The number of nitrogens with zero attached hydrogens (tertiary/aromatic N) is 3. The molecule has 1 spiro atoms. The van der Waals surface area contributed by atoms with Gasteiger partial charge in [0.2, 0.25) is 21.8 Å². The lowest BCUT2D eigenvalue weighted by Crippen LogP contribution is -2.57. The number of amides is 2. The van der Waals surface area contributed by atoms with Crippen LogP contribution in [0.4, 0.5) is 5.69 Å². The molecule has 0 radical (unpaired) electrons. The molecule has 2 heterocycles. The molecule has 2 amide bonds. The molecule has 10 nitrogen and oxygen atoms in total. The number of anilines is 1.